The number of hydrogen-bond acceptors (Lipinski definition) is 4. The third kappa shape index (κ3) is 5.11. The molecule has 144 valence electrons. The van der Waals surface area contributed by atoms with Crippen molar-refractivity contribution < 1.29 is 19.1 Å². The Labute approximate surface area is 155 Å². The number of benzene rings is 1. The summed E-state index contributed by atoms with van der Waals surface area (Å²) in [5, 5.41) is 2.99. The summed E-state index contributed by atoms with van der Waals surface area (Å²) in [4.78, 5) is 28.7. The Bertz CT molecular complexity index is 625. The van der Waals surface area contributed by atoms with Gasteiger partial charge in [0.2, 0.25) is 0 Å². The van der Waals surface area contributed by atoms with E-state index in [0.29, 0.717) is 50.7 Å². The predicted molar refractivity (Wildman–Crippen MR) is 99.6 cm³/mol. The molecule has 26 heavy (non-hydrogen) atoms. The Morgan fingerprint density at radius 2 is 1.73 bits per heavy atom. The molecule has 1 aliphatic rings. The molecule has 0 aliphatic carbocycles. The van der Waals surface area contributed by atoms with Gasteiger partial charge in [0.05, 0.1) is 24.8 Å². The molecule has 2 rings (SSSR count). The lowest BCUT2D eigenvalue weighted by Gasteiger charge is -2.37. The van der Waals surface area contributed by atoms with Gasteiger partial charge in [-0.3, -0.25) is 4.79 Å². The van der Waals surface area contributed by atoms with E-state index in [1.807, 2.05) is 32.9 Å². The summed E-state index contributed by atoms with van der Waals surface area (Å²) < 4.78 is 10.7. The van der Waals surface area contributed by atoms with Gasteiger partial charge in [-0.1, -0.05) is 12.1 Å². The van der Waals surface area contributed by atoms with Gasteiger partial charge < -0.3 is 24.6 Å². The van der Waals surface area contributed by atoms with E-state index in [4.69, 9.17) is 9.47 Å². The van der Waals surface area contributed by atoms with Crippen LogP contribution < -0.4 is 10.1 Å². The van der Waals surface area contributed by atoms with E-state index >= 15 is 0 Å². The summed E-state index contributed by atoms with van der Waals surface area (Å²) in [6, 6.07) is 7.06. The smallest absolute Gasteiger partial charge is 0.318 e. The number of methoxy groups -OCH3 is 1. The number of carbonyl (C=O) groups excluding carboxylic acids is 2. The van der Waals surface area contributed by atoms with Gasteiger partial charge in [-0.05, 0) is 32.9 Å². The molecule has 0 spiro atoms. The van der Waals surface area contributed by atoms with Gasteiger partial charge in [0.15, 0.2) is 0 Å². The number of nitrogens with one attached hydrogen (secondary N) is 1. The lowest BCUT2D eigenvalue weighted by Crippen LogP contribution is -2.57. The summed E-state index contributed by atoms with van der Waals surface area (Å²) in [7, 11) is 1.55. The van der Waals surface area contributed by atoms with E-state index in [0.717, 1.165) is 0 Å². The zero-order chi connectivity index (χ0) is 19.2. The average molecular weight is 363 g/mol. The van der Waals surface area contributed by atoms with Crippen LogP contribution in [0.2, 0.25) is 0 Å². The molecule has 0 aromatic heterocycles. The van der Waals surface area contributed by atoms with E-state index in [1.165, 1.54) is 0 Å². The number of ether oxygens (including phenoxy) is 2. The molecule has 1 aromatic carbocycles. The van der Waals surface area contributed by atoms with Crippen molar-refractivity contribution >= 4 is 11.9 Å². The Morgan fingerprint density at radius 3 is 2.35 bits per heavy atom. The second-order valence-electron chi connectivity index (χ2n) is 6.93. The molecule has 1 heterocycles. The molecule has 1 aromatic rings. The summed E-state index contributed by atoms with van der Waals surface area (Å²) in [5.41, 5.74) is 0.114. The van der Waals surface area contributed by atoms with Crippen molar-refractivity contribution in [3.8, 4) is 5.75 Å². The molecule has 1 fully saturated rings. The van der Waals surface area contributed by atoms with Gasteiger partial charge in [-0.15, -0.1) is 0 Å². The van der Waals surface area contributed by atoms with Crippen LogP contribution in [0, 0.1) is 0 Å². The quantitative estimate of drug-likeness (QED) is 0.839. The Balaban J connectivity index is 1.90. The second-order valence-corrected chi connectivity index (χ2v) is 6.93. The molecule has 0 saturated carbocycles. The van der Waals surface area contributed by atoms with Crippen LogP contribution in [-0.2, 0) is 4.74 Å². The molecule has 0 bridgehead atoms. The van der Waals surface area contributed by atoms with Crippen LogP contribution in [0.5, 0.6) is 5.75 Å². The molecule has 1 saturated heterocycles. The average Bonchev–Trinajstić information content (AvgIpc) is 2.65. The van der Waals surface area contributed by atoms with Crippen molar-refractivity contribution in [1.29, 1.82) is 0 Å². The molecule has 1 N–H and O–H groups in total. The normalized spacial score (nSPS) is 14.9. The molecule has 3 amide bonds. The maximum absolute atomic E-state index is 12.7. The molecule has 0 atom stereocenters. The van der Waals surface area contributed by atoms with Gasteiger partial charge in [0, 0.05) is 32.8 Å². The number of nitrogens with zero attached hydrogens (tertiary/aromatic N) is 2. The third-order valence-corrected chi connectivity index (χ3v) is 4.30. The standard InChI is InChI=1S/C19H29N3O4/c1-5-26-14-19(2,3)20-18(24)22-12-10-21(11-13-22)17(23)15-8-6-7-9-16(15)25-4/h6-9H,5,10-14H2,1-4H3,(H,20,24). The number of piperazine rings is 1. The topological polar surface area (TPSA) is 71.1 Å². The first kappa shape index (κ1) is 20.0. The van der Waals surface area contributed by atoms with Crippen LogP contribution in [0.4, 0.5) is 4.79 Å². The largest absolute Gasteiger partial charge is 0.496 e. The minimum absolute atomic E-state index is 0.0702. The van der Waals surface area contributed by atoms with Gasteiger partial charge >= 0.3 is 6.03 Å². The van der Waals surface area contributed by atoms with Crippen LogP contribution in [0.15, 0.2) is 24.3 Å². The molecule has 1 aliphatic heterocycles. The van der Waals surface area contributed by atoms with E-state index in [-0.39, 0.29) is 11.9 Å². The molecular weight excluding hydrogens is 334 g/mol. The fourth-order valence-electron chi connectivity index (χ4n) is 2.87. The first-order valence-corrected chi connectivity index (χ1v) is 8.95. The molecular formula is C19H29N3O4. The number of rotatable bonds is 6. The van der Waals surface area contributed by atoms with Gasteiger partial charge in [0.25, 0.3) is 5.91 Å². The van der Waals surface area contributed by atoms with Crippen molar-refractivity contribution in [2.24, 2.45) is 0 Å². The number of hydrogen-bond donors (Lipinski definition) is 1. The van der Waals surface area contributed by atoms with Crippen molar-refractivity contribution in [3.63, 3.8) is 0 Å². The van der Waals surface area contributed by atoms with Crippen LogP contribution in [0.1, 0.15) is 31.1 Å². The maximum Gasteiger partial charge on any atom is 0.318 e. The first-order valence-electron chi connectivity index (χ1n) is 8.95. The van der Waals surface area contributed by atoms with Crippen LogP contribution in [-0.4, -0.2) is 73.8 Å². The molecule has 7 nitrogen and oxygen atoms in total. The van der Waals surface area contributed by atoms with Crippen LogP contribution >= 0.6 is 0 Å². The van der Waals surface area contributed by atoms with Gasteiger partial charge in [0.1, 0.15) is 5.75 Å². The van der Waals surface area contributed by atoms with Crippen molar-refractivity contribution in [2.75, 3.05) is 46.5 Å². The van der Waals surface area contributed by atoms with E-state index in [2.05, 4.69) is 5.32 Å². The minimum atomic E-state index is -0.433. The number of para-hydroxylation sites is 1. The lowest BCUT2D eigenvalue weighted by atomic mass is 10.1. The Morgan fingerprint density at radius 1 is 1.12 bits per heavy atom. The fraction of sp³-hybridized carbons (Fsp3) is 0.579. The Hall–Kier alpha value is -2.28. The number of carbonyl (C=O) groups is 2. The van der Waals surface area contributed by atoms with E-state index < -0.39 is 5.54 Å². The van der Waals surface area contributed by atoms with Crippen LogP contribution in [0.25, 0.3) is 0 Å². The Kier molecular flexibility index (Phi) is 6.85. The number of amides is 3. The van der Waals surface area contributed by atoms with E-state index in [1.54, 1.807) is 29.0 Å². The minimum Gasteiger partial charge on any atom is -0.496 e. The summed E-state index contributed by atoms with van der Waals surface area (Å²) in [5.74, 6) is 0.495. The maximum atomic E-state index is 12.7. The summed E-state index contributed by atoms with van der Waals surface area (Å²) in [6.07, 6.45) is 0. The summed E-state index contributed by atoms with van der Waals surface area (Å²) in [6.45, 7) is 8.85. The third-order valence-electron chi connectivity index (χ3n) is 4.30. The predicted octanol–water partition coefficient (Wildman–Crippen LogP) is 1.98. The highest BCUT2D eigenvalue weighted by Gasteiger charge is 2.29. The first-order chi connectivity index (χ1) is 12.4. The lowest BCUT2D eigenvalue weighted by molar-refractivity contribution is 0.0638. The van der Waals surface area contributed by atoms with Crippen molar-refractivity contribution in [2.45, 2.75) is 26.3 Å². The van der Waals surface area contributed by atoms with E-state index in [9.17, 15) is 9.59 Å². The zero-order valence-electron chi connectivity index (χ0n) is 16.1. The highest BCUT2D eigenvalue weighted by Crippen LogP contribution is 2.20. The number of urea groups is 1. The monoisotopic (exact) mass is 363 g/mol. The summed E-state index contributed by atoms with van der Waals surface area (Å²) >= 11 is 0. The van der Waals surface area contributed by atoms with Crippen molar-refractivity contribution in [1.82, 2.24) is 15.1 Å². The molecule has 0 radical (unpaired) electrons. The zero-order valence-corrected chi connectivity index (χ0v) is 16.1. The SMILES string of the molecule is CCOCC(C)(C)NC(=O)N1CCN(C(=O)c2ccccc2OC)CC1. The van der Waals surface area contributed by atoms with Crippen LogP contribution in [0.3, 0.4) is 0 Å². The van der Waals surface area contributed by atoms with Gasteiger partial charge in [-0.25, -0.2) is 4.79 Å². The second kappa shape index (κ2) is 8.89. The van der Waals surface area contributed by atoms with Crippen molar-refractivity contribution in [3.05, 3.63) is 29.8 Å². The molecule has 0 unspecified atom stereocenters. The van der Waals surface area contributed by atoms with Gasteiger partial charge in [-0.2, -0.15) is 0 Å². The molecule has 7 heteroatoms. The highest BCUT2D eigenvalue weighted by atomic mass is 16.5. The fourth-order valence-corrected chi connectivity index (χ4v) is 2.87. The highest BCUT2D eigenvalue weighted by molar-refractivity contribution is 5.97.